The third-order valence-corrected chi connectivity index (χ3v) is 22.4. The van der Waals surface area contributed by atoms with Crippen molar-refractivity contribution < 1.29 is 40.2 Å². The Morgan fingerprint density at radius 1 is 0.532 bits per heavy atom. The number of piperidine rings is 6. The van der Waals surface area contributed by atoms with E-state index in [1.165, 1.54) is 106 Å². The maximum atomic E-state index is 13.3. The summed E-state index contributed by atoms with van der Waals surface area (Å²) in [5, 5.41) is 26.9. The van der Waals surface area contributed by atoms with Crippen LogP contribution in [0.25, 0.3) is 20.9 Å². The first kappa shape index (κ1) is 61.3. The fraction of sp³-hybridized carbons (Fsp3) is 0.630. The van der Waals surface area contributed by atoms with E-state index >= 15 is 0 Å². The average molecular weight is 1150 g/mol. The van der Waals surface area contributed by atoms with Crippen molar-refractivity contribution in [2.75, 3.05) is 90.9 Å². The normalized spacial score (nSPS) is 21.3. The van der Waals surface area contributed by atoms with Crippen LogP contribution in [0, 0.1) is 30.1 Å². The molecule has 0 saturated carbocycles. The van der Waals surface area contributed by atoms with Gasteiger partial charge in [0.05, 0.1) is 0 Å². The van der Waals surface area contributed by atoms with Gasteiger partial charge >= 0.3 is 0 Å². The van der Waals surface area contributed by atoms with Crippen LogP contribution in [-0.2, 0) is 30.1 Å². The van der Waals surface area contributed by atoms with Crippen molar-refractivity contribution in [1.82, 2.24) is 27.6 Å². The maximum Gasteiger partial charge on any atom is 0.246 e. The van der Waals surface area contributed by atoms with E-state index in [2.05, 4.69) is 61.4 Å². The molecule has 0 radical (unpaired) electrons. The summed E-state index contributed by atoms with van der Waals surface area (Å²) in [5.74, 6) is 4.30. The molecule has 6 aliphatic rings. The molecule has 0 unspecified atom stereocenters. The Morgan fingerprint density at radius 2 is 0.861 bits per heavy atom. The largest absolute Gasteiger partial charge is 0.507 e. The zero-order valence-corrected chi connectivity index (χ0v) is 48.3. The molecule has 0 atom stereocenters. The molecule has 6 aliphatic heterocycles. The molecule has 6 fully saturated rings. The highest BCUT2D eigenvalue weighted by Crippen LogP contribution is 2.36. The molecule has 6 saturated heterocycles. The highest BCUT2D eigenvalue weighted by molar-refractivity contribution is 7.89. The summed E-state index contributed by atoms with van der Waals surface area (Å²) in [6, 6.07) is 13.7. The highest BCUT2D eigenvalue weighted by atomic mass is 32.2. The lowest BCUT2D eigenvalue weighted by Crippen LogP contribution is -2.48. The fourth-order valence-electron chi connectivity index (χ4n) is 11.6. The van der Waals surface area contributed by atoms with E-state index in [9.17, 15) is 35.5 Å². The van der Waals surface area contributed by atoms with Crippen LogP contribution < -0.4 is 10.5 Å². The van der Waals surface area contributed by atoms with Crippen LogP contribution >= 0.6 is 0 Å². The number of terminal acetylenes is 1. The van der Waals surface area contributed by atoms with E-state index in [1.807, 2.05) is 0 Å². The van der Waals surface area contributed by atoms with Gasteiger partial charge in [-0.3, -0.25) is 0 Å². The molecular formula is C54H79N13O9S3. The smallest absolute Gasteiger partial charge is 0.246 e. The SMILES string of the molecule is C#CCOc1ccc(N=[N+]=[N-])cc1S(=O)(=O)N1CCC(N2CCC(C)CC2)CC1.CC1CCN(C2CCN(S(=O)(=O)c3cc(N)ccc3O)CC2)CC1.CC1CCN(C2CCN(S(=O)(=O)c3cc(N=[N+]=[N-])ccc3O)CC2)CC1. The van der Waals surface area contributed by atoms with Crippen molar-refractivity contribution in [2.24, 2.45) is 28.0 Å². The van der Waals surface area contributed by atoms with Gasteiger partial charge in [-0.25, -0.2) is 25.3 Å². The quantitative estimate of drug-likeness (QED) is 0.0361. The second kappa shape index (κ2) is 27.9. The number of ether oxygens (including phenoxy) is 1. The first-order valence-corrected chi connectivity index (χ1v) is 32.0. The van der Waals surface area contributed by atoms with Gasteiger partial charge in [0.2, 0.25) is 30.1 Å². The average Bonchev–Trinajstić information content (AvgIpc) is 3.53. The molecule has 0 amide bonds. The molecule has 9 rings (SSSR count). The zero-order valence-electron chi connectivity index (χ0n) is 45.8. The number of nitrogens with two attached hydrogens (primary N) is 1. The summed E-state index contributed by atoms with van der Waals surface area (Å²) in [6.45, 7) is 16.2. The molecule has 0 bridgehead atoms. The Labute approximate surface area is 467 Å². The van der Waals surface area contributed by atoms with Crippen LogP contribution in [0.5, 0.6) is 17.2 Å². The second-order valence-electron chi connectivity index (χ2n) is 21.9. The number of nitrogens with zero attached hydrogens (tertiary/aromatic N) is 12. The van der Waals surface area contributed by atoms with Crippen LogP contribution in [-0.4, -0.2) is 166 Å². The van der Waals surface area contributed by atoms with E-state index in [1.54, 1.807) is 0 Å². The molecule has 3 aromatic rings. The standard InChI is InChI=1S/C20H27N5O3S.C17H25N5O3S.C17H27N3O3S/c1-3-14-28-19-5-4-17(22-23-21)15-20(19)29(26,27)25-12-8-18(9-13-25)24-10-6-16(2)7-11-24;1-13-4-8-21(9-5-13)15-6-10-22(11-7-15)26(24,25)17-12-14(19-20-18)2-3-16(17)23;1-13-4-8-19(9-5-13)15-6-10-20(11-7-15)24(22,23)17-12-14(18)2-3-16(17)21/h1,4-5,15-16,18H,6-14H2,2H3;2-3,12-13,15,23H,4-11H2,1H3;2-3,12-13,15,21H,4-11,18H2,1H3. The summed E-state index contributed by atoms with van der Waals surface area (Å²) in [6.07, 6.45) is 17.4. The number of anilines is 1. The number of rotatable bonds is 13. The van der Waals surface area contributed by atoms with Gasteiger partial charge in [-0.2, -0.15) is 12.9 Å². The van der Waals surface area contributed by atoms with Crippen LogP contribution in [0.2, 0.25) is 0 Å². The van der Waals surface area contributed by atoms with Gasteiger partial charge in [-0.05, 0) is 200 Å². The molecule has 0 aliphatic carbocycles. The summed E-state index contributed by atoms with van der Waals surface area (Å²) >= 11 is 0. The predicted molar refractivity (Wildman–Crippen MR) is 304 cm³/mol. The summed E-state index contributed by atoms with van der Waals surface area (Å²) < 4.78 is 87.8. The number of hydrogen-bond acceptors (Lipinski definition) is 15. The number of nitrogen functional groups attached to an aromatic ring is 1. The molecule has 0 aromatic heterocycles. The molecule has 3 aromatic carbocycles. The minimum Gasteiger partial charge on any atom is -0.507 e. The summed E-state index contributed by atoms with van der Waals surface area (Å²) in [4.78, 5) is 12.6. The number of hydrogen-bond donors (Lipinski definition) is 3. The van der Waals surface area contributed by atoms with E-state index < -0.39 is 30.1 Å². The number of aromatic hydroxyl groups is 2. The molecule has 25 heteroatoms. The topological polar surface area (TPSA) is 295 Å². The minimum atomic E-state index is -3.81. The molecule has 6 heterocycles. The van der Waals surface area contributed by atoms with Crippen molar-refractivity contribution in [3.8, 4) is 29.6 Å². The van der Waals surface area contributed by atoms with Crippen molar-refractivity contribution in [3.63, 3.8) is 0 Å². The van der Waals surface area contributed by atoms with E-state index in [-0.39, 0.29) is 49.9 Å². The fourth-order valence-corrected chi connectivity index (χ4v) is 16.3. The van der Waals surface area contributed by atoms with Crippen molar-refractivity contribution in [1.29, 1.82) is 0 Å². The van der Waals surface area contributed by atoms with Crippen molar-refractivity contribution in [2.45, 2.75) is 131 Å². The number of azide groups is 2. The van der Waals surface area contributed by atoms with Crippen molar-refractivity contribution in [3.05, 3.63) is 75.5 Å². The lowest BCUT2D eigenvalue weighted by atomic mass is 9.95. The Kier molecular flexibility index (Phi) is 21.6. The number of sulfonamides is 3. The van der Waals surface area contributed by atoms with Gasteiger partial charge < -0.3 is 35.4 Å². The van der Waals surface area contributed by atoms with Gasteiger partial charge in [-0.15, -0.1) is 6.42 Å². The van der Waals surface area contributed by atoms with Gasteiger partial charge in [0.1, 0.15) is 38.5 Å². The first-order chi connectivity index (χ1) is 37.7. The number of likely N-dealkylation sites (tertiary alicyclic amines) is 3. The van der Waals surface area contributed by atoms with Gasteiger partial charge in [-0.1, -0.05) is 36.9 Å². The first-order valence-electron chi connectivity index (χ1n) is 27.7. The Bertz CT molecular complexity index is 3010. The van der Waals surface area contributed by atoms with Gasteiger partial charge in [0.15, 0.2) is 0 Å². The number of benzene rings is 3. The Hall–Kier alpha value is -5.35. The third-order valence-electron chi connectivity index (χ3n) is 16.6. The molecule has 432 valence electrons. The van der Waals surface area contributed by atoms with E-state index in [0.29, 0.717) is 63.1 Å². The second-order valence-corrected chi connectivity index (χ2v) is 27.7. The van der Waals surface area contributed by atoms with Crippen molar-refractivity contribution >= 4 is 47.1 Å². The third kappa shape index (κ3) is 15.8. The van der Waals surface area contributed by atoms with Crippen LogP contribution in [0.3, 0.4) is 0 Å². The van der Waals surface area contributed by atoms with Crippen LogP contribution in [0.1, 0.15) is 97.8 Å². The Morgan fingerprint density at radius 3 is 1.23 bits per heavy atom. The molecular weight excluding hydrogens is 1070 g/mol. The number of phenolic OH excluding ortho intramolecular Hbond substituents is 2. The van der Waals surface area contributed by atoms with Gasteiger partial charge in [0.25, 0.3) is 0 Å². The summed E-state index contributed by atoms with van der Waals surface area (Å²) in [5.41, 5.74) is 23.6. The minimum absolute atomic E-state index is 0.0112. The zero-order chi connectivity index (χ0) is 56.9. The lowest BCUT2D eigenvalue weighted by molar-refractivity contribution is 0.101. The van der Waals surface area contributed by atoms with E-state index in [4.69, 9.17) is 28.0 Å². The molecule has 79 heavy (non-hydrogen) atoms. The lowest BCUT2D eigenvalue weighted by Gasteiger charge is -2.41. The predicted octanol–water partition coefficient (Wildman–Crippen LogP) is 8.60. The van der Waals surface area contributed by atoms with Gasteiger partial charge in [0, 0.05) is 84.3 Å². The maximum absolute atomic E-state index is 13.3. The highest BCUT2D eigenvalue weighted by Gasteiger charge is 2.37. The molecule has 22 nitrogen and oxygen atoms in total. The van der Waals surface area contributed by atoms with Crippen LogP contribution in [0.15, 0.2) is 79.5 Å². The summed E-state index contributed by atoms with van der Waals surface area (Å²) in [7, 11) is -11.3. The number of phenols is 2. The Balaban J connectivity index is 0.000000172. The van der Waals surface area contributed by atoms with Crippen LogP contribution in [0.4, 0.5) is 17.1 Å². The van der Waals surface area contributed by atoms with E-state index in [0.717, 1.165) is 95.5 Å². The molecule has 4 N–H and O–H groups in total. The monoisotopic (exact) mass is 1150 g/mol. The molecule has 0 spiro atoms.